The van der Waals surface area contributed by atoms with Crippen LogP contribution in [0.1, 0.15) is 42.5 Å². The number of piperidine rings is 1. The summed E-state index contributed by atoms with van der Waals surface area (Å²) in [6.45, 7) is 0. The Hall–Kier alpha value is -1.64. The maximum atomic E-state index is 11.0. The fourth-order valence-corrected chi connectivity index (χ4v) is 4.98. The van der Waals surface area contributed by atoms with Crippen LogP contribution in [0, 0.1) is 11.8 Å². The van der Waals surface area contributed by atoms with E-state index in [4.69, 9.17) is 0 Å². The molecule has 5 atom stereocenters. The zero-order valence-corrected chi connectivity index (χ0v) is 13.7. The Morgan fingerprint density at radius 3 is 1.65 bits per heavy atom. The maximum absolute atomic E-state index is 11.0. The lowest BCUT2D eigenvalue weighted by Gasteiger charge is -2.54. The van der Waals surface area contributed by atoms with Gasteiger partial charge in [0.25, 0.3) is 0 Å². The quantitative estimate of drug-likeness (QED) is 0.899. The highest BCUT2D eigenvalue weighted by Crippen LogP contribution is 2.52. The average Bonchev–Trinajstić information content (AvgIpc) is 2.59. The van der Waals surface area contributed by atoms with Crippen molar-refractivity contribution in [2.24, 2.45) is 11.8 Å². The smallest absolute Gasteiger partial charge is 0.0633 e. The Balaban J connectivity index is 1.78. The molecule has 2 aromatic carbocycles. The normalized spacial score (nSPS) is 34.3. The third-order valence-corrected chi connectivity index (χ3v) is 5.92. The molecule has 1 aliphatic heterocycles. The van der Waals surface area contributed by atoms with Crippen LogP contribution >= 0.6 is 0 Å². The molecule has 0 spiro atoms. The molecule has 1 unspecified atom stereocenters. The van der Waals surface area contributed by atoms with E-state index in [-0.39, 0.29) is 6.10 Å². The van der Waals surface area contributed by atoms with E-state index in [2.05, 4.69) is 72.6 Å². The van der Waals surface area contributed by atoms with E-state index in [1.54, 1.807) is 0 Å². The lowest BCUT2D eigenvalue weighted by Crippen LogP contribution is -2.53. The van der Waals surface area contributed by atoms with Gasteiger partial charge in [-0.3, -0.25) is 4.90 Å². The van der Waals surface area contributed by atoms with Crippen molar-refractivity contribution in [2.75, 3.05) is 7.05 Å². The molecule has 2 aliphatic rings. The highest BCUT2D eigenvalue weighted by atomic mass is 16.3. The van der Waals surface area contributed by atoms with Gasteiger partial charge >= 0.3 is 0 Å². The number of hydrogen-bond donors (Lipinski definition) is 1. The van der Waals surface area contributed by atoms with E-state index in [1.165, 1.54) is 17.5 Å². The average molecular weight is 307 g/mol. The molecular weight excluding hydrogens is 282 g/mol. The molecule has 2 nitrogen and oxygen atoms in total. The molecule has 2 heteroatoms. The first-order valence-corrected chi connectivity index (χ1v) is 8.77. The van der Waals surface area contributed by atoms with Crippen LogP contribution in [0.2, 0.25) is 0 Å². The summed E-state index contributed by atoms with van der Waals surface area (Å²) in [5, 5.41) is 11.0. The monoisotopic (exact) mass is 307 g/mol. The topological polar surface area (TPSA) is 23.5 Å². The van der Waals surface area contributed by atoms with Crippen molar-refractivity contribution in [1.29, 1.82) is 0 Å². The molecule has 0 amide bonds. The first-order valence-electron chi connectivity index (χ1n) is 8.77. The Kier molecular flexibility index (Phi) is 3.96. The molecule has 2 bridgehead atoms. The van der Waals surface area contributed by atoms with Crippen LogP contribution in [-0.2, 0) is 0 Å². The third kappa shape index (κ3) is 2.50. The van der Waals surface area contributed by atoms with Gasteiger partial charge in [0.2, 0.25) is 0 Å². The summed E-state index contributed by atoms with van der Waals surface area (Å²) in [6, 6.07) is 22.0. The molecule has 23 heavy (non-hydrogen) atoms. The van der Waals surface area contributed by atoms with Crippen molar-refractivity contribution in [2.45, 2.75) is 37.5 Å². The van der Waals surface area contributed by atoms with Crippen LogP contribution in [0.25, 0.3) is 0 Å². The van der Waals surface area contributed by atoms with E-state index in [9.17, 15) is 5.11 Å². The molecule has 1 saturated carbocycles. The first-order chi connectivity index (χ1) is 11.3. The highest BCUT2D eigenvalue weighted by molar-refractivity contribution is 5.27. The van der Waals surface area contributed by atoms with Gasteiger partial charge in [0.05, 0.1) is 6.10 Å². The first kappa shape index (κ1) is 14.9. The lowest BCUT2D eigenvalue weighted by atomic mass is 9.65. The lowest BCUT2D eigenvalue weighted by molar-refractivity contribution is -0.112. The molecule has 1 saturated heterocycles. The van der Waals surface area contributed by atoms with Crippen LogP contribution in [0.4, 0.5) is 0 Å². The minimum atomic E-state index is -0.199. The molecular formula is C21H25NO. The van der Waals surface area contributed by atoms with Crippen LogP contribution in [0.3, 0.4) is 0 Å². The molecule has 0 radical (unpaired) electrons. The maximum Gasteiger partial charge on any atom is 0.0633 e. The van der Waals surface area contributed by atoms with Crippen LogP contribution < -0.4 is 0 Å². The zero-order chi connectivity index (χ0) is 15.8. The second-order valence-corrected chi connectivity index (χ2v) is 7.13. The number of fused-ring (bicyclic) bond motifs is 2. The van der Waals surface area contributed by atoms with Gasteiger partial charge in [-0.1, -0.05) is 67.1 Å². The molecule has 4 rings (SSSR count). The number of nitrogens with zero attached hydrogens (tertiary/aromatic N) is 1. The van der Waals surface area contributed by atoms with Crippen molar-refractivity contribution in [3.8, 4) is 0 Å². The summed E-state index contributed by atoms with van der Waals surface area (Å²) < 4.78 is 0. The summed E-state index contributed by atoms with van der Waals surface area (Å²) in [6.07, 6.45) is 3.29. The van der Waals surface area contributed by atoms with Crippen LogP contribution in [-0.4, -0.2) is 23.2 Å². The van der Waals surface area contributed by atoms with Crippen molar-refractivity contribution in [3.05, 3.63) is 71.8 Å². The van der Waals surface area contributed by atoms with E-state index in [0.29, 0.717) is 23.9 Å². The Labute approximate surface area is 138 Å². The molecule has 120 valence electrons. The summed E-state index contributed by atoms with van der Waals surface area (Å²) in [5.74, 6) is 0.697. The Bertz CT molecular complexity index is 586. The van der Waals surface area contributed by atoms with Gasteiger partial charge in [0.1, 0.15) is 0 Å². The number of hydrogen-bond acceptors (Lipinski definition) is 2. The predicted molar refractivity (Wildman–Crippen MR) is 93.0 cm³/mol. The van der Waals surface area contributed by atoms with Crippen molar-refractivity contribution < 1.29 is 5.11 Å². The van der Waals surface area contributed by atoms with Crippen LogP contribution in [0.5, 0.6) is 0 Å². The summed E-state index contributed by atoms with van der Waals surface area (Å²) in [4.78, 5) is 2.52. The number of aliphatic hydroxyl groups excluding tert-OH is 1. The molecule has 2 aromatic rings. The van der Waals surface area contributed by atoms with Crippen molar-refractivity contribution in [3.63, 3.8) is 0 Å². The Morgan fingerprint density at radius 2 is 1.22 bits per heavy atom. The predicted octanol–water partition coefficient (Wildman–Crippen LogP) is 4.19. The van der Waals surface area contributed by atoms with Crippen molar-refractivity contribution >= 4 is 0 Å². The minimum absolute atomic E-state index is 0.199. The van der Waals surface area contributed by atoms with E-state index < -0.39 is 0 Å². The fraction of sp³-hybridized carbons (Fsp3) is 0.429. The van der Waals surface area contributed by atoms with Gasteiger partial charge in [-0.25, -0.2) is 0 Å². The zero-order valence-electron chi connectivity index (χ0n) is 13.7. The third-order valence-electron chi connectivity index (χ3n) is 5.92. The Morgan fingerprint density at radius 1 is 0.783 bits per heavy atom. The van der Waals surface area contributed by atoms with Gasteiger partial charge in [-0.2, -0.15) is 0 Å². The second-order valence-electron chi connectivity index (χ2n) is 7.13. The van der Waals surface area contributed by atoms with E-state index >= 15 is 0 Å². The second kappa shape index (κ2) is 6.10. The van der Waals surface area contributed by atoms with Gasteiger partial charge in [-0.05, 0) is 31.0 Å². The SMILES string of the molecule is CN1[C@H](c2ccccc2)[C@@H]2CCC[C@@H](C2O)[C@H]1c1ccccc1. The van der Waals surface area contributed by atoms with Crippen LogP contribution in [0.15, 0.2) is 60.7 Å². The van der Waals surface area contributed by atoms with Gasteiger partial charge < -0.3 is 5.11 Å². The standard InChI is InChI=1S/C21H25NO/c1-22-19(15-9-4-2-5-10-15)17-13-8-14-18(21(17)23)20(22)16-11-6-3-7-12-16/h2-7,9-12,17-21,23H,8,13-14H2,1H3/t17-,18+,19-,20-,21?/m1/s1. The van der Waals surface area contributed by atoms with Gasteiger partial charge in [0, 0.05) is 23.9 Å². The van der Waals surface area contributed by atoms with Gasteiger partial charge in [-0.15, -0.1) is 0 Å². The van der Waals surface area contributed by atoms with Crippen molar-refractivity contribution in [1.82, 2.24) is 4.90 Å². The minimum Gasteiger partial charge on any atom is -0.392 e. The molecule has 1 N–H and O–H groups in total. The molecule has 0 aromatic heterocycles. The molecule has 1 aliphatic carbocycles. The number of aliphatic hydroxyl groups is 1. The number of benzene rings is 2. The summed E-state index contributed by atoms with van der Waals surface area (Å²) in [7, 11) is 2.24. The van der Waals surface area contributed by atoms with E-state index in [1.807, 2.05) is 0 Å². The summed E-state index contributed by atoms with van der Waals surface area (Å²) in [5.41, 5.74) is 2.67. The highest BCUT2D eigenvalue weighted by Gasteiger charge is 2.49. The van der Waals surface area contributed by atoms with Gasteiger partial charge in [0.15, 0.2) is 0 Å². The fourth-order valence-electron chi connectivity index (χ4n) is 4.98. The molecule has 1 heterocycles. The van der Waals surface area contributed by atoms with E-state index in [0.717, 1.165) is 12.8 Å². The molecule has 2 fully saturated rings. The number of likely N-dealkylation sites (tertiary alicyclic amines) is 1. The largest absolute Gasteiger partial charge is 0.392 e. The number of rotatable bonds is 2. The summed E-state index contributed by atoms with van der Waals surface area (Å²) >= 11 is 0.